The predicted octanol–water partition coefficient (Wildman–Crippen LogP) is 3.05. The van der Waals surface area contributed by atoms with Gasteiger partial charge >= 0.3 is 0 Å². The van der Waals surface area contributed by atoms with E-state index in [1.54, 1.807) is 7.11 Å². The average molecular weight is 283 g/mol. The number of carbonyl (C=O) groups excluding carboxylic acids is 1. The number of carbonyl (C=O) groups is 1. The van der Waals surface area contributed by atoms with Crippen LogP contribution in [0.3, 0.4) is 0 Å². The number of rotatable bonds is 7. The van der Waals surface area contributed by atoms with E-state index < -0.39 is 0 Å². The van der Waals surface area contributed by atoms with Crippen LogP contribution in [0.5, 0.6) is 5.75 Å². The standard InChI is InChI=1S/C18H21NO2/c1-19(13-12-15-6-4-3-5-7-15)14-18(20)16-8-10-17(21-2)11-9-16/h3-11H,12-14H2,1-2H3. The van der Waals surface area contributed by atoms with Gasteiger partial charge in [-0.3, -0.25) is 9.69 Å². The Labute approximate surface area is 126 Å². The van der Waals surface area contributed by atoms with Gasteiger partial charge in [0.2, 0.25) is 0 Å². The number of hydrogen-bond acceptors (Lipinski definition) is 3. The molecule has 3 heteroatoms. The van der Waals surface area contributed by atoms with Crippen LogP contribution in [0.2, 0.25) is 0 Å². The van der Waals surface area contributed by atoms with E-state index in [9.17, 15) is 4.79 Å². The lowest BCUT2D eigenvalue weighted by molar-refractivity contribution is 0.0947. The summed E-state index contributed by atoms with van der Waals surface area (Å²) in [6, 6.07) is 17.6. The molecule has 0 amide bonds. The quantitative estimate of drug-likeness (QED) is 0.731. The van der Waals surface area contributed by atoms with E-state index in [2.05, 4.69) is 17.0 Å². The molecule has 0 aliphatic carbocycles. The third kappa shape index (κ3) is 4.72. The summed E-state index contributed by atoms with van der Waals surface area (Å²) in [6.07, 6.45) is 0.952. The van der Waals surface area contributed by atoms with Crippen molar-refractivity contribution >= 4 is 5.78 Å². The Hall–Kier alpha value is -2.13. The monoisotopic (exact) mass is 283 g/mol. The van der Waals surface area contributed by atoms with Gasteiger partial charge in [-0.05, 0) is 43.3 Å². The number of likely N-dealkylation sites (N-methyl/N-ethyl adjacent to an activating group) is 1. The van der Waals surface area contributed by atoms with Crippen molar-refractivity contribution < 1.29 is 9.53 Å². The van der Waals surface area contributed by atoms with E-state index in [1.165, 1.54) is 5.56 Å². The molecule has 0 saturated heterocycles. The minimum Gasteiger partial charge on any atom is -0.497 e. The number of ether oxygens (including phenoxy) is 1. The summed E-state index contributed by atoms with van der Waals surface area (Å²) in [5, 5.41) is 0. The first-order valence-electron chi connectivity index (χ1n) is 7.09. The van der Waals surface area contributed by atoms with Gasteiger partial charge in [0.05, 0.1) is 13.7 Å². The van der Waals surface area contributed by atoms with Crippen LogP contribution in [0.15, 0.2) is 54.6 Å². The van der Waals surface area contributed by atoms with E-state index in [-0.39, 0.29) is 5.78 Å². The highest BCUT2D eigenvalue weighted by Gasteiger charge is 2.09. The van der Waals surface area contributed by atoms with Crippen molar-refractivity contribution in [1.82, 2.24) is 4.90 Å². The normalized spacial score (nSPS) is 10.6. The third-order valence-electron chi connectivity index (χ3n) is 3.45. The minimum absolute atomic E-state index is 0.133. The molecule has 0 atom stereocenters. The van der Waals surface area contributed by atoms with Gasteiger partial charge in [0.15, 0.2) is 5.78 Å². The average Bonchev–Trinajstić information content (AvgIpc) is 2.54. The zero-order chi connectivity index (χ0) is 15.1. The second kappa shape index (κ2) is 7.60. The molecule has 0 spiro atoms. The maximum absolute atomic E-state index is 12.2. The summed E-state index contributed by atoms with van der Waals surface area (Å²) < 4.78 is 5.10. The summed E-state index contributed by atoms with van der Waals surface area (Å²) in [4.78, 5) is 14.2. The van der Waals surface area contributed by atoms with Crippen LogP contribution < -0.4 is 4.74 Å². The smallest absolute Gasteiger partial charge is 0.176 e. The van der Waals surface area contributed by atoms with Crippen molar-refractivity contribution in [3.8, 4) is 5.75 Å². The van der Waals surface area contributed by atoms with Gasteiger partial charge in [0, 0.05) is 12.1 Å². The highest BCUT2D eigenvalue weighted by Crippen LogP contribution is 2.12. The second-order valence-electron chi connectivity index (χ2n) is 5.13. The van der Waals surface area contributed by atoms with Crippen molar-refractivity contribution in [2.45, 2.75) is 6.42 Å². The molecule has 21 heavy (non-hydrogen) atoms. The summed E-state index contributed by atoms with van der Waals surface area (Å²) in [6.45, 7) is 1.30. The van der Waals surface area contributed by atoms with E-state index >= 15 is 0 Å². The number of nitrogens with zero attached hydrogens (tertiary/aromatic N) is 1. The molecule has 2 aromatic rings. The molecule has 3 nitrogen and oxygen atoms in total. The van der Waals surface area contributed by atoms with Crippen LogP contribution in [0.25, 0.3) is 0 Å². The Morgan fingerprint density at radius 3 is 2.33 bits per heavy atom. The number of hydrogen-bond donors (Lipinski definition) is 0. The molecule has 0 unspecified atom stereocenters. The predicted molar refractivity (Wildman–Crippen MR) is 85.0 cm³/mol. The van der Waals surface area contributed by atoms with Gasteiger partial charge in [-0.15, -0.1) is 0 Å². The van der Waals surface area contributed by atoms with Gasteiger partial charge in [0.1, 0.15) is 5.75 Å². The fourth-order valence-electron chi connectivity index (χ4n) is 2.16. The largest absolute Gasteiger partial charge is 0.497 e. The summed E-state index contributed by atoms with van der Waals surface area (Å²) in [5.41, 5.74) is 2.02. The molecule has 0 aliphatic heterocycles. The van der Waals surface area contributed by atoms with Gasteiger partial charge in [0.25, 0.3) is 0 Å². The highest BCUT2D eigenvalue weighted by molar-refractivity contribution is 5.97. The zero-order valence-electron chi connectivity index (χ0n) is 12.6. The molecule has 0 aliphatic rings. The molecule has 110 valence electrons. The molecule has 0 N–H and O–H groups in total. The van der Waals surface area contributed by atoms with Gasteiger partial charge in [-0.2, -0.15) is 0 Å². The molecule has 0 fully saturated rings. The number of ketones is 1. The van der Waals surface area contributed by atoms with Crippen LogP contribution in [0.4, 0.5) is 0 Å². The van der Waals surface area contributed by atoms with Crippen molar-refractivity contribution in [2.24, 2.45) is 0 Å². The van der Waals surface area contributed by atoms with Crippen LogP contribution in [-0.4, -0.2) is 37.9 Å². The third-order valence-corrected chi connectivity index (χ3v) is 3.45. The fraction of sp³-hybridized carbons (Fsp3) is 0.278. The second-order valence-corrected chi connectivity index (χ2v) is 5.13. The lowest BCUT2D eigenvalue weighted by atomic mass is 10.1. The van der Waals surface area contributed by atoms with Crippen molar-refractivity contribution in [3.63, 3.8) is 0 Å². The van der Waals surface area contributed by atoms with Crippen LogP contribution in [0, 0.1) is 0 Å². The first-order chi connectivity index (χ1) is 10.2. The number of Topliss-reactive ketones (excluding diaryl/α,β-unsaturated/α-hetero) is 1. The van der Waals surface area contributed by atoms with Gasteiger partial charge in [-0.25, -0.2) is 0 Å². The summed E-state index contributed by atoms with van der Waals surface area (Å²) in [5.74, 6) is 0.900. The SMILES string of the molecule is COc1ccc(C(=O)CN(C)CCc2ccccc2)cc1. The first kappa shape index (κ1) is 15.3. The molecular weight excluding hydrogens is 262 g/mol. The topological polar surface area (TPSA) is 29.5 Å². The summed E-state index contributed by atoms with van der Waals surface area (Å²) in [7, 11) is 3.60. The number of methoxy groups -OCH3 is 1. The maximum Gasteiger partial charge on any atom is 0.176 e. The fourth-order valence-corrected chi connectivity index (χ4v) is 2.16. The number of benzene rings is 2. The molecular formula is C18H21NO2. The van der Waals surface area contributed by atoms with Crippen LogP contribution >= 0.6 is 0 Å². The Morgan fingerprint density at radius 1 is 1.05 bits per heavy atom. The Balaban J connectivity index is 1.83. The molecule has 0 heterocycles. The van der Waals surface area contributed by atoms with Crippen molar-refractivity contribution in [1.29, 1.82) is 0 Å². The Bertz CT molecular complexity index is 564. The lowest BCUT2D eigenvalue weighted by Gasteiger charge is -2.15. The Kier molecular flexibility index (Phi) is 5.52. The van der Waals surface area contributed by atoms with E-state index in [0.29, 0.717) is 6.54 Å². The molecule has 0 radical (unpaired) electrons. The molecule has 2 rings (SSSR count). The minimum atomic E-state index is 0.133. The van der Waals surface area contributed by atoms with E-state index in [0.717, 1.165) is 24.3 Å². The lowest BCUT2D eigenvalue weighted by Crippen LogP contribution is -2.28. The Morgan fingerprint density at radius 2 is 1.71 bits per heavy atom. The first-order valence-corrected chi connectivity index (χ1v) is 7.09. The molecule has 0 bridgehead atoms. The zero-order valence-corrected chi connectivity index (χ0v) is 12.6. The highest BCUT2D eigenvalue weighted by atomic mass is 16.5. The molecule has 2 aromatic carbocycles. The van der Waals surface area contributed by atoms with Crippen molar-refractivity contribution in [2.75, 3.05) is 27.2 Å². The van der Waals surface area contributed by atoms with Crippen molar-refractivity contribution in [3.05, 3.63) is 65.7 Å². The molecule has 0 aromatic heterocycles. The molecule has 0 saturated carbocycles. The van der Waals surface area contributed by atoms with Gasteiger partial charge in [-0.1, -0.05) is 30.3 Å². The maximum atomic E-state index is 12.2. The van der Waals surface area contributed by atoms with Gasteiger partial charge < -0.3 is 4.74 Å². The van der Waals surface area contributed by atoms with E-state index in [1.807, 2.05) is 49.5 Å². The van der Waals surface area contributed by atoms with E-state index in [4.69, 9.17) is 4.74 Å². The van der Waals surface area contributed by atoms with Crippen LogP contribution in [-0.2, 0) is 6.42 Å². The van der Waals surface area contributed by atoms with Crippen LogP contribution in [0.1, 0.15) is 15.9 Å². The summed E-state index contributed by atoms with van der Waals surface area (Å²) >= 11 is 0.